The van der Waals surface area contributed by atoms with E-state index in [9.17, 15) is 10.1 Å². The molecule has 0 radical (unpaired) electrons. The first-order valence-electron chi connectivity index (χ1n) is 21.1. The summed E-state index contributed by atoms with van der Waals surface area (Å²) < 4.78 is 0. The van der Waals surface area contributed by atoms with E-state index in [1.165, 1.54) is 11.1 Å². The Morgan fingerprint density at radius 3 is 1.11 bits per heavy atom. The number of benzene rings is 8. The summed E-state index contributed by atoms with van der Waals surface area (Å²) in [6.45, 7) is 8.88. The Bertz CT molecular complexity index is 2720. The molecule has 8 aromatic rings. The van der Waals surface area contributed by atoms with Gasteiger partial charge in [0.1, 0.15) is 0 Å². The Morgan fingerprint density at radius 2 is 0.770 bits per heavy atom. The molecule has 1 aliphatic rings. The van der Waals surface area contributed by atoms with Crippen molar-refractivity contribution in [3.63, 3.8) is 0 Å². The average molecular weight is 794 g/mol. The maximum absolute atomic E-state index is 13.2. The van der Waals surface area contributed by atoms with Crippen LogP contribution in [0.1, 0.15) is 107 Å². The second-order valence-electron chi connectivity index (χ2n) is 16.5. The molecule has 1 aliphatic carbocycles. The van der Waals surface area contributed by atoms with Crippen molar-refractivity contribution in [1.29, 1.82) is 0 Å². The molecule has 0 aliphatic heterocycles. The fourth-order valence-corrected chi connectivity index (χ4v) is 9.10. The predicted molar refractivity (Wildman–Crippen MR) is 252 cm³/mol. The minimum Gasteiger partial charge on any atom is -0.258 e. The third-order valence-electron chi connectivity index (χ3n) is 11.9. The molecular weight excluding hydrogens is 747 g/mol. The largest absolute Gasteiger partial charge is 0.270 e. The van der Waals surface area contributed by atoms with Crippen LogP contribution in [-0.4, -0.2) is 16.3 Å². The summed E-state index contributed by atoms with van der Waals surface area (Å²) in [5, 5.41) is 15.4. The van der Waals surface area contributed by atoms with Gasteiger partial charge < -0.3 is 0 Å². The van der Waals surface area contributed by atoms with Crippen LogP contribution in [0.5, 0.6) is 0 Å². The molecular formula is C56H47N3O2. The highest BCUT2D eigenvalue weighted by Gasteiger charge is 2.33. The molecule has 0 saturated heterocycles. The minimum atomic E-state index is -0.387. The number of rotatable bonds is 11. The van der Waals surface area contributed by atoms with Crippen LogP contribution in [0, 0.1) is 10.1 Å². The summed E-state index contributed by atoms with van der Waals surface area (Å²) in [5.74, 6) is -0.301. The van der Waals surface area contributed by atoms with E-state index in [1.807, 2.05) is 72.8 Å². The maximum atomic E-state index is 13.2. The maximum Gasteiger partial charge on any atom is 0.270 e. The van der Waals surface area contributed by atoms with Crippen molar-refractivity contribution in [2.45, 2.75) is 51.4 Å². The second-order valence-corrected chi connectivity index (χ2v) is 16.5. The monoisotopic (exact) mass is 793 g/mol. The van der Waals surface area contributed by atoms with Crippen molar-refractivity contribution in [3.05, 3.63) is 254 Å². The van der Waals surface area contributed by atoms with Gasteiger partial charge in [-0.15, -0.1) is 0 Å². The Balaban J connectivity index is 1.45. The van der Waals surface area contributed by atoms with Gasteiger partial charge in [-0.2, -0.15) is 0 Å². The SMILES string of the molecule is CC(C)c1cccc(C(C)C)c1N=C1C(=Nc2c(C(c3ccccc3)c3ccccc3)cc([N+](=O)[O-])cc2C(c2ccccc2)c2ccccc2)c2cccc3cccc1c23. The zero-order valence-electron chi connectivity index (χ0n) is 34.9. The van der Waals surface area contributed by atoms with Gasteiger partial charge in [-0.3, -0.25) is 10.1 Å². The third-order valence-corrected chi connectivity index (χ3v) is 11.9. The van der Waals surface area contributed by atoms with E-state index in [4.69, 9.17) is 9.98 Å². The lowest BCUT2D eigenvalue weighted by Crippen LogP contribution is -2.14. The fourth-order valence-electron chi connectivity index (χ4n) is 9.10. The molecule has 9 rings (SSSR count). The van der Waals surface area contributed by atoms with Crippen molar-refractivity contribution in [2.24, 2.45) is 9.98 Å². The first-order chi connectivity index (χ1) is 29.8. The number of aliphatic imine (C=N–C) groups is 2. The highest BCUT2D eigenvalue weighted by Crippen LogP contribution is 2.48. The molecule has 298 valence electrons. The van der Waals surface area contributed by atoms with Crippen LogP contribution in [0.4, 0.5) is 17.1 Å². The molecule has 0 atom stereocenters. The molecule has 0 unspecified atom stereocenters. The number of hydrogen-bond donors (Lipinski definition) is 0. The van der Waals surface area contributed by atoms with Crippen LogP contribution in [0.2, 0.25) is 0 Å². The number of nitro groups is 1. The molecule has 0 spiro atoms. The summed E-state index contributed by atoms with van der Waals surface area (Å²) in [6.07, 6.45) is 0. The number of para-hydroxylation sites is 1. The van der Waals surface area contributed by atoms with E-state index in [-0.39, 0.29) is 34.3 Å². The molecule has 0 saturated carbocycles. The minimum absolute atomic E-state index is 0.0146. The van der Waals surface area contributed by atoms with Gasteiger partial charge in [-0.1, -0.05) is 204 Å². The number of hydrogen-bond acceptors (Lipinski definition) is 4. The molecule has 5 nitrogen and oxygen atoms in total. The average Bonchev–Trinajstić information content (AvgIpc) is 3.58. The Morgan fingerprint density at radius 1 is 0.426 bits per heavy atom. The number of nitro benzene ring substituents is 1. The summed E-state index contributed by atoms with van der Waals surface area (Å²) >= 11 is 0. The lowest BCUT2D eigenvalue weighted by Gasteiger charge is -2.26. The molecule has 0 amide bonds. The van der Waals surface area contributed by atoms with Gasteiger partial charge in [-0.25, -0.2) is 9.98 Å². The van der Waals surface area contributed by atoms with Crippen molar-refractivity contribution < 1.29 is 4.92 Å². The van der Waals surface area contributed by atoms with Gasteiger partial charge in [0.2, 0.25) is 0 Å². The van der Waals surface area contributed by atoms with Gasteiger partial charge in [-0.05, 0) is 61.7 Å². The lowest BCUT2D eigenvalue weighted by molar-refractivity contribution is -0.385. The van der Waals surface area contributed by atoms with Crippen molar-refractivity contribution in [3.8, 4) is 0 Å². The van der Waals surface area contributed by atoms with Crippen LogP contribution in [0.15, 0.2) is 198 Å². The normalized spacial score (nSPS) is 13.7. The molecule has 8 aromatic carbocycles. The highest BCUT2D eigenvalue weighted by molar-refractivity contribution is 6.61. The van der Waals surface area contributed by atoms with E-state index >= 15 is 0 Å². The van der Waals surface area contributed by atoms with Crippen LogP contribution < -0.4 is 0 Å². The number of non-ortho nitro benzene ring substituents is 1. The van der Waals surface area contributed by atoms with Crippen molar-refractivity contribution in [1.82, 2.24) is 0 Å². The van der Waals surface area contributed by atoms with Gasteiger partial charge in [0.05, 0.1) is 27.7 Å². The van der Waals surface area contributed by atoms with Crippen LogP contribution in [0.25, 0.3) is 10.8 Å². The van der Waals surface area contributed by atoms with Gasteiger partial charge in [0.25, 0.3) is 5.69 Å². The smallest absolute Gasteiger partial charge is 0.258 e. The van der Waals surface area contributed by atoms with Gasteiger partial charge in [0.15, 0.2) is 0 Å². The first kappa shape index (κ1) is 39.2. The molecule has 0 aromatic heterocycles. The van der Waals surface area contributed by atoms with Crippen molar-refractivity contribution in [2.75, 3.05) is 0 Å². The summed E-state index contributed by atoms with van der Waals surface area (Å²) in [4.78, 5) is 24.6. The molecule has 5 heteroatoms. The van der Waals surface area contributed by atoms with Gasteiger partial charge >= 0.3 is 0 Å². The van der Waals surface area contributed by atoms with E-state index in [2.05, 4.69) is 131 Å². The third kappa shape index (κ3) is 7.49. The number of nitrogens with zero attached hydrogens (tertiary/aromatic N) is 3. The van der Waals surface area contributed by atoms with E-state index in [0.29, 0.717) is 5.69 Å². The zero-order valence-corrected chi connectivity index (χ0v) is 34.9. The molecule has 0 N–H and O–H groups in total. The topological polar surface area (TPSA) is 67.9 Å². The first-order valence-corrected chi connectivity index (χ1v) is 21.1. The van der Waals surface area contributed by atoms with E-state index in [1.54, 1.807) is 12.1 Å². The van der Waals surface area contributed by atoms with Crippen LogP contribution >= 0.6 is 0 Å². The van der Waals surface area contributed by atoms with Gasteiger partial charge in [0, 0.05) is 40.5 Å². The Labute approximate surface area is 358 Å². The predicted octanol–water partition coefficient (Wildman–Crippen LogP) is 14.6. The summed E-state index contributed by atoms with van der Waals surface area (Å²) in [6, 6.07) is 63.9. The molecule has 0 heterocycles. The molecule has 0 fully saturated rings. The van der Waals surface area contributed by atoms with Crippen molar-refractivity contribution >= 4 is 39.3 Å². The highest BCUT2D eigenvalue weighted by atomic mass is 16.6. The standard InChI is InChI=1S/C56H47N3O2/c1-36(2)44-30-19-31-45(37(3)4)53(44)57-55-46-32-17-28-42-29-18-33-47(52(42)46)56(55)58-54-48(50(38-20-9-5-10-21-38)39-22-11-6-12-23-39)34-43(59(60)61)35-49(54)51(40-24-13-7-14-25-40)41-26-15-8-16-27-41/h5-37,50-51H,1-4H3. The Hall–Kier alpha value is -7.24. The molecule has 0 bridgehead atoms. The second kappa shape index (κ2) is 16.8. The summed E-state index contributed by atoms with van der Waals surface area (Å²) in [5.41, 5.74) is 13.1. The molecule has 61 heavy (non-hydrogen) atoms. The van der Waals surface area contributed by atoms with Crippen LogP contribution in [-0.2, 0) is 0 Å². The van der Waals surface area contributed by atoms with E-state index in [0.717, 1.165) is 72.4 Å². The summed E-state index contributed by atoms with van der Waals surface area (Å²) in [7, 11) is 0. The fraction of sp³-hybridized carbons (Fsp3) is 0.143. The lowest BCUT2D eigenvalue weighted by atomic mass is 9.78. The quantitative estimate of drug-likeness (QED) is 0.0743. The van der Waals surface area contributed by atoms with Crippen LogP contribution in [0.3, 0.4) is 0 Å². The van der Waals surface area contributed by atoms with E-state index < -0.39 is 0 Å². The zero-order chi connectivity index (χ0) is 42.0. The Kier molecular flexibility index (Phi) is 10.8.